The van der Waals surface area contributed by atoms with Crippen molar-refractivity contribution in [3.63, 3.8) is 0 Å². The Hall–Kier alpha value is -1.20. The lowest BCUT2D eigenvalue weighted by molar-refractivity contribution is 0.126. The molecule has 5 rings (SSSR count). The molecule has 0 radical (unpaired) electrons. The minimum absolute atomic E-state index is 0.0400. The van der Waals surface area contributed by atoms with Gasteiger partial charge in [-0.15, -0.1) is 0 Å². The zero-order valence-electron chi connectivity index (χ0n) is 15.5. The van der Waals surface area contributed by atoms with Crippen LogP contribution in [0.1, 0.15) is 54.4 Å². The number of fused-ring (bicyclic) bond motifs is 2. The number of hydrogen-bond acceptors (Lipinski definition) is 3. The first kappa shape index (κ1) is 16.9. The van der Waals surface area contributed by atoms with E-state index in [4.69, 9.17) is 0 Å². The van der Waals surface area contributed by atoms with Crippen molar-refractivity contribution in [1.82, 2.24) is 9.62 Å². The van der Waals surface area contributed by atoms with Gasteiger partial charge in [0.15, 0.2) is 0 Å². The number of amides is 2. The minimum Gasteiger partial charge on any atom is -0.307 e. The number of urea groups is 1. The second-order valence-corrected chi connectivity index (χ2v) is 9.65. The SMILES string of the molecule is O=C(NSC1CN(CC2CCC2)C1)Nc1c2c(cc3c1CCC3)CCC2. The van der Waals surface area contributed by atoms with Crippen LogP contribution < -0.4 is 10.0 Å². The molecule has 1 aromatic rings. The van der Waals surface area contributed by atoms with Crippen LogP contribution in [0.25, 0.3) is 0 Å². The lowest BCUT2D eigenvalue weighted by Crippen LogP contribution is -2.52. The molecule has 4 aliphatic rings. The molecule has 2 amide bonds. The second kappa shape index (κ2) is 7.08. The van der Waals surface area contributed by atoms with E-state index in [0.717, 1.165) is 37.5 Å². The zero-order valence-corrected chi connectivity index (χ0v) is 16.3. The van der Waals surface area contributed by atoms with E-state index in [-0.39, 0.29) is 6.03 Å². The highest BCUT2D eigenvalue weighted by atomic mass is 32.2. The van der Waals surface area contributed by atoms with Crippen molar-refractivity contribution in [2.45, 2.75) is 63.0 Å². The highest BCUT2D eigenvalue weighted by Gasteiger charge is 2.31. The molecule has 1 aliphatic heterocycles. The number of hydrogen-bond donors (Lipinski definition) is 2. The van der Waals surface area contributed by atoms with Gasteiger partial charge >= 0.3 is 6.03 Å². The molecule has 1 saturated heterocycles. The lowest BCUT2D eigenvalue weighted by atomic mass is 9.84. The van der Waals surface area contributed by atoms with E-state index >= 15 is 0 Å². The highest BCUT2D eigenvalue weighted by molar-refractivity contribution is 7.98. The monoisotopic (exact) mass is 371 g/mol. The van der Waals surface area contributed by atoms with Gasteiger partial charge in [-0.3, -0.25) is 4.72 Å². The molecule has 1 aromatic carbocycles. The number of anilines is 1. The smallest absolute Gasteiger partial charge is 0.307 e. The number of aryl methyl sites for hydroxylation is 2. The molecular formula is C21H29N3OS. The third kappa shape index (κ3) is 3.24. The fourth-order valence-corrected chi connectivity index (χ4v) is 5.93. The average molecular weight is 372 g/mol. The third-order valence-electron chi connectivity index (χ3n) is 6.69. The van der Waals surface area contributed by atoms with Crippen LogP contribution in [0.15, 0.2) is 6.07 Å². The minimum atomic E-state index is -0.0400. The van der Waals surface area contributed by atoms with Crippen LogP contribution in [0.4, 0.5) is 10.5 Å². The molecular weight excluding hydrogens is 342 g/mol. The Kier molecular flexibility index (Phi) is 4.61. The lowest BCUT2D eigenvalue weighted by Gasteiger charge is -2.42. The van der Waals surface area contributed by atoms with Gasteiger partial charge in [0.1, 0.15) is 0 Å². The molecule has 5 heteroatoms. The largest absolute Gasteiger partial charge is 0.329 e. The van der Waals surface area contributed by atoms with Crippen molar-refractivity contribution in [2.24, 2.45) is 5.92 Å². The Morgan fingerprint density at radius 3 is 2.35 bits per heavy atom. The molecule has 0 spiro atoms. The first-order valence-corrected chi connectivity index (χ1v) is 11.3. The van der Waals surface area contributed by atoms with Crippen LogP contribution >= 0.6 is 11.9 Å². The summed E-state index contributed by atoms with van der Waals surface area (Å²) >= 11 is 1.61. The van der Waals surface area contributed by atoms with Crippen LogP contribution in [0.5, 0.6) is 0 Å². The zero-order chi connectivity index (χ0) is 17.5. The maximum absolute atomic E-state index is 12.5. The van der Waals surface area contributed by atoms with Crippen molar-refractivity contribution in [3.05, 3.63) is 28.3 Å². The maximum Gasteiger partial charge on any atom is 0.329 e. The highest BCUT2D eigenvalue weighted by Crippen LogP contribution is 2.38. The van der Waals surface area contributed by atoms with E-state index in [1.807, 2.05) is 0 Å². The quantitative estimate of drug-likeness (QED) is 0.771. The molecule has 0 aromatic heterocycles. The molecule has 0 bridgehead atoms. The average Bonchev–Trinajstić information content (AvgIpc) is 3.19. The maximum atomic E-state index is 12.5. The number of rotatable bonds is 5. The fourth-order valence-electron chi connectivity index (χ4n) is 5.03. The fraction of sp³-hybridized carbons (Fsp3) is 0.667. The van der Waals surface area contributed by atoms with Crippen LogP contribution in [0.3, 0.4) is 0 Å². The number of likely N-dealkylation sites (tertiary alicyclic amines) is 1. The predicted molar refractivity (Wildman–Crippen MR) is 108 cm³/mol. The topological polar surface area (TPSA) is 44.4 Å². The molecule has 4 nitrogen and oxygen atoms in total. The molecule has 1 saturated carbocycles. The Morgan fingerprint density at radius 1 is 1.04 bits per heavy atom. The van der Waals surface area contributed by atoms with Crippen LogP contribution in [-0.2, 0) is 25.7 Å². The van der Waals surface area contributed by atoms with Crippen molar-refractivity contribution in [1.29, 1.82) is 0 Å². The first-order chi connectivity index (χ1) is 12.8. The summed E-state index contributed by atoms with van der Waals surface area (Å²) in [6, 6.07) is 2.37. The van der Waals surface area contributed by atoms with Gasteiger partial charge < -0.3 is 10.2 Å². The summed E-state index contributed by atoms with van der Waals surface area (Å²) in [4.78, 5) is 15.1. The molecule has 2 N–H and O–H groups in total. The molecule has 1 heterocycles. The van der Waals surface area contributed by atoms with E-state index in [2.05, 4.69) is 21.0 Å². The summed E-state index contributed by atoms with van der Waals surface area (Å²) < 4.78 is 3.06. The van der Waals surface area contributed by atoms with Gasteiger partial charge in [-0.05, 0) is 91.5 Å². The normalized spacial score (nSPS) is 22.5. The molecule has 3 aliphatic carbocycles. The van der Waals surface area contributed by atoms with Gasteiger partial charge in [-0.25, -0.2) is 4.79 Å². The van der Waals surface area contributed by atoms with Crippen LogP contribution in [0.2, 0.25) is 0 Å². The number of carbonyl (C=O) groups is 1. The summed E-state index contributed by atoms with van der Waals surface area (Å²) in [6.07, 6.45) is 11.3. The van der Waals surface area contributed by atoms with Crippen LogP contribution in [0, 0.1) is 5.92 Å². The summed E-state index contributed by atoms with van der Waals surface area (Å²) in [6.45, 7) is 3.51. The molecule has 0 atom stereocenters. The van der Waals surface area contributed by atoms with Gasteiger partial charge in [-0.1, -0.05) is 12.5 Å². The Bertz CT molecular complexity index is 677. The van der Waals surface area contributed by atoms with E-state index in [1.54, 1.807) is 11.9 Å². The summed E-state index contributed by atoms with van der Waals surface area (Å²) in [5.41, 5.74) is 6.89. The Balaban J connectivity index is 1.15. The van der Waals surface area contributed by atoms with E-state index in [0.29, 0.717) is 5.25 Å². The van der Waals surface area contributed by atoms with Gasteiger partial charge in [0.2, 0.25) is 0 Å². The van der Waals surface area contributed by atoms with Gasteiger partial charge in [0.05, 0.1) is 5.25 Å². The summed E-state index contributed by atoms with van der Waals surface area (Å²) in [7, 11) is 0. The van der Waals surface area contributed by atoms with Crippen molar-refractivity contribution >= 4 is 23.7 Å². The third-order valence-corrected chi connectivity index (χ3v) is 7.63. The Morgan fingerprint density at radius 2 is 1.73 bits per heavy atom. The van der Waals surface area contributed by atoms with Crippen molar-refractivity contribution in [2.75, 3.05) is 25.0 Å². The first-order valence-electron chi connectivity index (χ1n) is 10.4. The standard InChI is InChI=1S/C21H29N3OS/c25-21(23-26-17-12-24(13-17)11-14-4-1-5-14)22-20-18-8-2-6-15(18)10-16-7-3-9-19(16)20/h10,14,17H,1-9,11-13H2,(H2,22,23,25). The molecule has 26 heavy (non-hydrogen) atoms. The number of nitrogens with zero attached hydrogens (tertiary/aromatic N) is 1. The van der Waals surface area contributed by atoms with Gasteiger partial charge in [0.25, 0.3) is 0 Å². The molecule has 2 fully saturated rings. The van der Waals surface area contributed by atoms with E-state index < -0.39 is 0 Å². The van der Waals surface area contributed by atoms with Crippen molar-refractivity contribution < 1.29 is 4.79 Å². The van der Waals surface area contributed by atoms with Gasteiger partial charge in [-0.2, -0.15) is 0 Å². The van der Waals surface area contributed by atoms with E-state index in [9.17, 15) is 4.79 Å². The van der Waals surface area contributed by atoms with Gasteiger partial charge in [0, 0.05) is 25.3 Å². The van der Waals surface area contributed by atoms with Crippen LogP contribution in [-0.4, -0.2) is 35.8 Å². The summed E-state index contributed by atoms with van der Waals surface area (Å²) in [5, 5.41) is 3.77. The summed E-state index contributed by atoms with van der Waals surface area (Å²) in [5.74, 6) is 0.944. The number of carbonyl (C=O) groups excluding carboxylic acids is 1. The number of benzene rings is 1. The predicted octanol–water partition coefficient (Wildman–Crippen LogP) is 3.92. The Labute approximate surface area is 160 Å². The van der Waals surface area contributed by atoms with Crippen molar-refractivity contribution in [3.8, 4) is 0 Å². The molecule has 0 unspecified atom stereocenters. The molecule has 140 valence electrons. The van der Waals surface area contributed by atoms with E-state index in [1.165, 1.54) is 73.7 Å². The number of nitrogens with one attached hydrogen (secondary N) is 2. The second-order valence-electron chi connectivity index (χ2n) is 8.55.